The summed E-state index contributed by atoms with van der Waals surface area (Å²) < 4.78 is 0. The standard InChI is InChI=1S/C16H26N2O2/c1-15(2,9-10-16(3,4)20)18-14(19)13-7-5-12(11-17)6-8-13/h5-8,20H,9-11,17H2,1-4H3,(H,18,19). The maximum absolute atomic E-state index is 12.2. The van der Waals surface area contributed by atoms with Crippen LogP contribution < -0.4 is 11.1 Å². The second kappa shape index (κ2) is 6.37. The molecular formula is C16H26N2O2. The van der Waals surface area contributed by atoms with Crippen LogP contribution in [0.2, 0.25) is 0 Å². The van der Waals surface area contributed by atoms with Crippen molar-refractivity contribution in [1.29, 1.82) is 0 Å². The highest BCUT2D eigenvalue weighted by molar-refractivity contribution is 5.94. The van der Waals surface area contributed by atoms with Crippen molar-refractivity contribution in [3.63, 3.8) is 0 Å². The number of amides is 1. The summed E-state index contributed by atoms with van der Waals surface area (Å²) >= 11 is 0. The van der Waals surface area contributed by atoms with Crippen LogP contribution in [0, 0.1) is 0 Å². The molecule has 0 atom stereocenters. The average Bonchev–Trinajstić information content (AvgIpc) is 2.35. The summed E-state index contributed by atoms with van der Waals surface area (Å²) in [5.41, 5.74) is 6.09. The van der Waals surface area contributed by atoms with Crippen molar-refractivity contribution in [3.05, 3.63) is 35.4 Å². The largest absolute Gasteiger partial charge is 0.390 e. The topological polar surface area (TPSA) is 75.3 Å². The number of hydrogen-bond acceptors (Lipinski definition) is 3. The summed E-state index contributed by atoms with van der Waals surface area (Å²) in [5, 5.41) is 12.8. The maximum Gasteiger partial charge on any atom is 0.251 e. The molecule has 0 aliphatic rings. The average molecular weight is 278 g/mol. The molecule has 0 saturated carbocycles. The lowest BCUT2D eigenvalue weighted by molar-refractivity contribution is 0.0585. The molecule has 1 amide bonds. The van der Waals surface area contributed by atoms with Crippen molar-refractivity contribution in [2.24, 2.45) is 5.73 Å². The third-order valence-corrected chi connectivity index (χ3v) is 3.27. The summed E-state index contributed by atoms with van der Waals surface area (Å²) in [5.74, 6) is -0.102. The van der Waals surface area contributed by atoms with Crippen molar-refractivity contribution in [3.8, 4) is 0 Å². The van der Waals surface area contributed by atoms with Crippen molar-refractivity contribution in [2.45, 2.75) is 58.2 Å². The molecule has 0 unspecified atom stereocenters. The van der Waals surface area contributed by atoms with E-state index < -0.39 is 5.60 Å². The van der Waals surface area contributed by atoms with Gasteiger partial charge < -0.3 is 16.2 Å². The number of hydrogen-bond donors (Lipinski definition) is 3. The van der Waals surface area contributed by atoms with E-state index in [4.69, 9.17) is 5.73 Å². The number of nitrogens with one attached hydrogen (secondary N) is 1. The molecule has 4 heteroatoms. The summed E-state index contributed by atoms with van der Waals surface area (Å²) in [7, 11) is 0. The molecule has 4 N–H and O–H groups in total. The molecule has 0 aliphatic heterocycles. The fraction of sp³-hybridized carbons (Fsp3) is 0.562. The van der Waals surface area contributed by atoms with Crippen LogP contribution in [0.4, 0.5) is 0 Å². The minimum atomic E-state index is -0.717. The Balaban J connectivity index is 2.63. The normalized spacial score (nSPS) is 12.3. The fourth-order valence-electron chi connectivity index (χ4n) is 1.85. The van der Waals surface area contributed by atoms with Gasteiger partial charge in [0.2, 0.25) is 0 Å². The molecule has 0 bridgehead atoms. The van der Waals surface area contributed by atoms with Crippen LogP contribution in [-0.4, -0.2) is 22.2 Å². The number of benzene rings is 1. The predicted molar refractivity (Wildman–Crippen MR) is 81.4 cm³/mol. The van der Waals surface area contributed by atoms with Gasteiger partial charge in [0.05, 0.1) is 5.60 Å². The van der Waals surface area contributed by atoms with Crippen molar-refractivity contribution in [1.82, 2.24) is 5.32 Å². The molecule has 0 spiro atoms. The lowest BCUT2D eigenvalue weighted by atomic mass is 9.91. The van der Waals surface area contributed by atoms with Crippen LogP contribution in [-0.2, 0) is 6.54 Å². The van der Waals surface area contributed by atoms with Crippen LogP contribution in [0.25, 0.3) is 0 Å². The van der Waals surface area contributed by atoms with Crippen LogP contribution in [0.1, 0.15) is 56.5 Å². The molecule has 20 heavy (non-hydrogen) atoms. The second-order valence-electron chi connectivity index (χ2n) is 6.55. The fourth-order valence-corrected chi connectivity index (χ4v) is 1.85. The van der Waals surface area contributed by atoms with Gasteiger partial charge in [-0.25, -0.2) is 0 Å². The maximum atomic E-state index is 12.2. The first kappa shape index (κ1) is 16.7. The molecule has 0 aromatic heterocycles. The molecule has 1 rings (SSSR count). The minimum absolute atomic E-state index is 0.102. The SMILES string of the molecule is CC(C)(O)CCC(C)(C)NC(=O)c1ccc(CN)cc1. The molecule has 4 nitrogen and oxygen atoms in total. The van der Waals surface area contributed by atoms with Crippen LogP contribution >= 0.6 is 0 Å². The van der Waals surface area contributed by atoms with Gasteiger partial charge in [0.1, 0.15) is 0 Å². The summed E-state index contributed by atoms with van der Waals surface area (Å²) in [6.45, 7) is 7.95. The zero-order chi connectivity index (χ0) is 15.4. The molecule has 0 heterocycles. The number of rotatable bonds is 6. The summed E-state index contributed by atoms with van der Waals surface area (Å²) in [6, 6.07) is 7.28. The van der Waals surface area contributed by atoms with Crippen LogP contribution in [0.3, 0.4) is 0 Å². The zero-order valence-corrected chi connectivity index (χ0v) is 12.9. The van der Waals surface area contributed by atoms with E-state index in [0.717, 1.165) is 5.56 Å². The summed E-state index contributed by atoms with van der Waals surface area (Å²) in [6.07, 6.45) is 1.34. The Hall–Kier alpha value is -1.39. The van der Waals surface area contributed by atoms with E-state index >= 15 is 0 Å². The highest BCUT2D eigenvalue weighted by Gasteiger charge is 2.24. The van der Waals surface area contributed by atoms with Gasteiger partial charge in [0.15, 0.2) is 0 Å². The molecule has 0 saturated heterocycles. The van der Waals surface area contributed by atoms with E-state index in [1.165, 1.54) is 0 Å². The molecule has 1 aromatic carbocycles. The van der Waals surface area contributed by atoms with Gasteiger partial charge in [-0.1, -0.05) is 12.1 Å². The summed E-state index contributed by atoms with van der Waals surface area (Å²) in [4.78, 5) is 12.2. The van der Waals surface area contributed by atoms with E-state index in [1.54, 1.807) is 26.0 Å². The smallest absolute Gasteiger partial charge is 0.251 e. The monoisotopic (exact) mass is 278 g/mol. The lowest BCUT2D eigenvalue weighted by Crippen LogP contribution is -2.44. The molecule has 0 aliphatic carbocycles. The number of carbonyl (C=O) groups excluding carboxylic acids is 1. The second-order valence-corrected chi connectivity index (χ2v) is 6.55. The Morgan fingerprint density at radius 3 is 2.15 bits per heavy atom. The van der Waals surface area contributed by atoms with Crippen LogP contribution in [0.15, 0.2) is 24.3 Å². The van der Waals surface area contributed by atoms with Crippen molar-refractivity contribution in [2.75, 3.05) is 0 Å². The van der Waals surface area contributed by atoms with Gasteiger partial charge >= 0.3 is 0 Å². The third-order valence-electron chi connectivity index (χ3n) is 3.27. The highest BCUT2D eigenvalue weighted by atomic mass is 16.3. The zero-order valence-electron chi connectivity index (χ0n) is 12.9. The molecule has 1 aromatic rings. The minimum Gasteiger partial charge on any atom is -0.390 e. The van der Waals surface area contributed by atoms with Gasteiger partial charge in [-0.15, -0.1) is 0 Å². The van der Waals surface area contributed by atoms with Gasteiger partial charge in [0, 0.05) is 17.6 Å². The van der Waals surface area contributed by atoms with Gasteiger partial charge in [-0.2, -0.15) is 0 Å². The number of nitrogens with two attached hydrogens (primary N) is 1. The Bertz CT molecular complexity index is 445. The van der Waals surface area contributed by atoms with Crippen molar-refractivity contribution < 1.29 is 9.90 Å². The number of carbonyl (C=O) groups is 1. The van der Waals surface area contributed by atoms with Gasteiger partial charge in [0.25, 0.3) is 5.91 Å². The molecular weight excluding hydrogens is 252 g/mol. The first-order valence-corrected chi connectivity index (χ1v) is 6.97. The van der Waals surface area contributed by atoms with E-state index in [-0.39, 0.29) is 11.4 Å². The molecule has 0 fully saturated rings. The Kier molecular flexibility index (Phi) is 5.31. The van der Waals surface area contributed by atoms with Gasteiger partial charge in [-0.05, 0) is 58.2 Å². The van der Waals surface area contributed by atoms with E-state index in [9.17, 15) is 9.90 Å². The predicted octanol–water partition coefficient (Wildman–Crippen LogP) is 2.20. The lowest BCUT2D eigenvalue weighted by Gasteiger charge is -2.29. The molecule has 0 radical (unpaired) electrons. The first-order valence-electron chi connectivity index (χ1n) is 6.97. The van der Waals surface area contributed by atoms with Crippen LogP contribution in [0.5, 0.6) is 0 Å². The Labute approximate surface area is 121 Å². The highest BCUT2D eigenvalue weighted by Crippen LogP contribution is 2.19. The molecule has 112 valence electrons. The van der Waals surface area contributed by atoms with E-state index in [2.05, 4.69) is 5.32 Å². The van der Waals surface area contributed by atoms with Crippen molar-refractivity contribution >= 4 is 5.91 Å². The van der Waals surface area contributed by atoms with E-state index in [0.29, 0.717) is 24.9 Å². The quantitative estimate of drug-likeness (QED) is 0.746. The third kappa shape index (κ3) is 5.72. The van der Waals surface area contributed by atoms with E-state index in [1.807, 2.05) is 26.0 Å². The number of aliphatic hydroxyl groups is 1. The Morgan fingerprint density at radius 1 is 1.15 bits per heavy atom. The van der Waals surface area contributed by atoms with Gasteiger partial charge in [-0.3, -0.25) is 4.79 Å². The Morgan fingerprint density at radius 2 is 1.70 bits per heavy atom. The first-order chi connectivity index (χ1) is 9.13.